The van der Waals surface area contributed by atoms with E-state index in [0.29, 0.717) is 5.56 Å². The van der Waals surface area contributed by atoms with E-state index in [1.807, 2.05) is 0 Å². The molecular formula is C13H12BF3KNO. The van der Waals surface area contributed by atoms with E-state index < -0.39 is 12.4 Å². The van der Waals surface area contributed by atoms with Gasteiger partial charge in [-0.25, -0.2) is 0 Å². The third-order valence-electron chi connectivity index (χ3n) is 2.64. The third-order valence-corrected chi connectivity index (χ3v) is 2.64. The summed E-state index contributed by atoms with van der Waals surface area (Å²) in [5, 5.41) is 0. The predicted octanol–water partition coefficient (Wildman–Crippen LogP) is 0.0274. The maximum Gasteiger partial charge on any atom is 1.00 e. The Morgan fingerprint density at radius 1 is 1.20 bits per heavy atom. The summed E-state index contributed by atoms with van der Waals surface area (Å²) in [5.74, 6) is -0.137. The summed E-state index contributed by atoms with van der Waals surface area (Å²) in [4.78, 5) is 3.88. The van der Waals surface area contributed by atoms with Crippen molar-refractivity contribution in [3.8, 4) is 5.75 Å². The molecule has 0 aliphatic carbocycles. The number of rotatable bonds is 4. The number of aryl methyl sites for hydroxylation is 1. The fraction of sp³-hybridized carbons (Fsp3) is 0.154. The molecule has 2 rings (SSSR count). The van der Waals surface area contributed by atoms with Crippen molar-refractivity contribution in [1.29, 1.82) is 0 Å². The molecule has 1 aromatic heterocycles. The molecule has 0 spiro atoms. The minimum atomic E-state index is -5.08. The second-order valence-electron chi connectivity index (χ2n) is 4.27. The van der Waals surface area contributed by atoms with Crippen LogP contribution in [0.5, 0.6) is 5.75 Å². The smallest absolute Gasteiger partial charge is 0.492 e. The van der Waals surface area contributed by atoms with Crippen molar-refractivity contribution in [2.24, 2.45) is 0 Å². The second-order valence-corrected chi connectivity index (χ2v) is 4.27. The summed E-state index contributed by atoms with van der Waals surface area (Å²) in [6.07, 6.45) is 3.16. The van der Waals surface area contributed by atoms with Gasteiger partial charge in [0.05, 0.1) is 5.75 Å². The average molecular weight is 305 g/mol. The molecule has 1 heterocycles. The fourth-order valence-corrected chi connectivity index (χ4v) is 1.70. The van der Waals surface area contributed by atoms with Crippen molar-refractivity contribution >= 4 is 12.4 Å². The van der Waals surface area contributed by atoms with Gasteiger partial charge in [-0.2, -0.15) is 0 Å². The zero-order valence-electron chi connectivity index (χ0n) is 11.3. The second kappa shape index (κ2) is 7.61. The van der Waals surface area contributed by atoms with Gasteiger partial charge in [-0.15, -0.1) is 0 Å². The molecule has 0 unspecified atom stereocenters. The summed E-state index contributed by atoms with van der Waals surface area (Å²) >= 11 is 0. The van der Waals surface area contributed by atoms with Gasteiger partial charge in [0.15, 0.2) is 0 Å². The molecule has 0 amide bonds. The van der Waals surface area contributed by atoms with Gasteiger partial charge in [-0.05, 0) is 19.1 Å². The molecule has 0 fully saturated rings. The summed E-state index contributed by atoms with van der Waals surface area (Å²) in [6.45, 7) is -3.39. The van der Waals surface area contributed by atoms with Crippen molar-refractivity contribution in [2.45, 2.75) is 13.5 Å². The van der Waals surface area contributed by atoms with Crippen molar-refractivity contribution in [1.82, 2.24) is 4.98 Å². The van der Waals surface area contributed by atoms with Crippen LogP contribution in [0, 0.1) is 6.92 Å². The quantitative estimate of drug-likeness (QED) is 0.744. The Kier molecular flexibility index (Phi) is 6.74. The van der Waals surface area contributed by atoms with Gasteiger partial charge in [-0.3, -0.25) is 4.98 Å². The van der Waals surface area contributed by atoms with Crippen LogP contribution in [0.25, 0.3) is 0 Å². The van der Waals surface area contributed by atoms with Gasteiger partial charge in [0.25, 0.3) is 0 Å². The Hall–Kier alpha value is -0.339. The van der Waals surface area contributed by atoms with Crippen LogP contribution in [0.3, 0.4) is 0 Å². The first kappa shape index (κ1) is 17.7. The molecule has 0 radical (unpaired) electrons. The maximum atomic E-state index is 12.9. The average Bonchev–Trinajstić information content (AvgIpc) is 2.37. The van der Waals surface area contributed by atoms with E-state index in [1.165, 1.54) is 6.07 Å². The SMILES string of the molecule is Cc1ccc(OCc2cccnc2)c([B-](F)(F)F)c1.[K+]. The van der Waals surface area contributed by atoms with Gasteiger partial charge < -0.3 is 17.7 Å². The molecule has 7 heteroatoms. The van der Waals surface area contributed by atoms with E-state index in [-0.39, 0.29) is 63.7 Å². The van der Waals surface area contributed by atoms with E-state index in [1.54, 1.807) is 37.5 Å². The Balaban J connectivity index is 0.00000200. The molecular weight excluding hydrogens is 293 g/mol. The first-order chi connectivity index (χ1) is 8.97. The van der Waals surface area contributed by atoms with Gasteiger partial charge >= 0.3 is 58.4 Å². The van der Waals surface area contributed by atoms with Crippen molar-refractivity contribution in [3.05, 3.63) is 53.9 Å². The molecule has 0 N–H and O–H groups in total. The zero-order chi connectivity index (χ0) is 13.9. The molecule has 2 aromatic rings. The van der Waals surface area contributed by atoms with Crippen LogP contribution in [0.4, 0.5) is 12.9 Å². The Morgan fingerprint density at radius 3 is 2.55 bits per heavy atom. The maximum absolute atomic E-state index is 12.9. The van der Waals surface area contributed by atoms with E-state index >= 15 is 0 Å². The van der Waals surface area contributed by atoms with Crippen LogP contribution < -0.4 is 61.6 Å². The van der Waals surface area contributed by atoms with E-state index in [4.69, 9.17) is 4.74 Å². The van der Waals surface area contributed by atoms with Crippen LogP contribution >= 0.6 is 0 Å². The molecule has 0 saturated carbocycles. The first-order valence-corrected chi connectivity index (χ1v) is 5.79. The van der Waals surface area contributed by atoms with Crippen LogP contribution in [-0.4, -0.2) is 12.0 Å². The molecule has 0 atom stereocenters. The molecule has 1 aromatic carbocycles. The largest absolute Gasteiger partial charge is 1.00 e. The Morgan fingerprint density at radius 2 is 1.95 bits per heavy atom. The van der Waals surface area contributed by atoms with Crippen LogP contribution in [0.15, 0.2) is 42.7 Å². The molecule has 20 heavy (non-hydrogen) atoms. The molecule has 2 nitrogen and oxygen atoms in total. The van der Waals surface area contributed by atoms with Crippen molar-refractivity contribution in [3.63, 3.8) is 0 Å². The molecule has 0 saturated heterocycles. The number of aromatic nitrogens is 1. The van der Waals surface area contributed by atoms with E-state index in [2.05, 4.69) is 4.98 Å². The molecule has 100 valence electrons. The number of pyridine rings is 1. The summed E-state index contributed by atoms with van der Waals surface area (Å²) in [6, 6.07) is 7.53. The number of halogens is 3. The number of benzene rings is 1. The monoisotopic (exact) mass is 305 g/mol. The van der Waals surface area contributed by atoms with Gasteiger partial charge in [0, 0.05) is 18.0 Å². The van der Waals surface area contributed by atoms with Crippen LogP contribution in [0.1, 0.15) is 11.1 Å². The summed E-state index contributed by atoms with van der Waals surface area (Å²) in [7, 11) is 0. The Labute approximate surface area is 158 Å². The third kappa shape index (κ3) is 4.89. The standard InChI is InChI=1S/C13H12BF3NO.K/c1-10-4-5-13(12(7-10)14(15,16)17)19-9-11-3-2-6-18-8-11;/h2-8H,9H2,1H3;/q-1;+1. The van der Waals surface area contributed by atoms with Crippen LogP contribution in [0.2, 0.25) is 0 Å². The number of hydrogen-bond acceptors (Lipinski definition) is 2. The van der Waals surface area contributed by atoms with Crippen LogP contribution in [-0.2, 0) is 6.61 Å². The first-order valence-electron chi connectivity index (χ1n) is 5.79. The molecule has 0 bridgehead atoms. The van der Waals surface area contributed by atoms with Crippen molar-refractivity contribution in [2.75, 3.05) is 0 Å². The number of ether oxygens (including phenoxy) is 1. The molecule has 0 aliphatic rings. The normalized spacial score (nSPS) is 10.8. The summed E-state index contributed by atoms with van der Waals surface area (Å²) < 4.78 is 44.0. The number of hydrogen-bond donors (Lipinski definition) is 0. The minimum absolute atomic E-state index is 0. The van der Waals surface area contributed by atoms with Gasteiger partial charge in [0.2, 0.25) is 0 Å². The van der Waals surface area contributed by atoms with Gasteiger partial charge in [0.1, 0.15) is 6.61 Å². The van der Waals surface area contributed by atoms with Gasteiger partial charge in [-0.1, -0.05) is 29.2 Å². The number of nitrogens with zero attached hydrogens (tertiary/aromatic N) is 1. The predicted molar refractivity (Wildman–Crippen MR) is 68.5 cm³/mol. The summed E-state index contributed by atoms with van der Waals surface area (Å²) in [5.41, 5.74) is 0.593. The topological polar surface area (TPSA) is 22.1 Å². The fourth-order valence-electron chi connectivity index (χ4n) is 1.70. The van der Waals surface area contributed by atoms with E-state index in [9.17, 15) is 12.9 Å². The van der Waals surface area contributed by atoms with Crippen molar-refractivity contribution < 1.29 is 69.1 Å². The zero-order valence-corrected chi connectivity index (χ0v) is 14.4. The molecule has 0 aliphatic heterocycles. The van der Waals surface area contributed by atoms with E-state index in [0.717, 1.165) is 11.6 Å². The Bertz CT molecular complexity index is 563. The minimum Gasteiger partial charge on any atom is -0.492 e.